The smallest absolute Gasteiger partial charge is 0.223 e. The highest BCUT2D eigenvalue weighted by molar-refractivity contribution is 5.78. The molecule has 0 spiro atoms. The van der Waals surface area contributed by atoms with Gasteiger partial charge in [0.2, 0.25) is 5.91 Å². The van der Waals surface area contributed by atoms with Crippen LogP contribution in [0.2, 0.25) is 0 Å². The molecule has 10 heavy (non-hydrogen) atoms. The van der Waals surface area contributed by atoms with E-state index in [0.29, 0.717) is 0 Å². The Hall–Kier alpha value is -0.790. The minimum Gasteiger partial charge on any atom is -0.359 e. The van der Waals surface area contributed by atoms with Gasteiger partial charge in [0.15, 0.2) is 0 Å². The van der Waals surface area contributed by atoms with Crippen LogP contribution in [0, 0.1) is 5.92 Å². The quantitative estimate of drug-likeness (QED) is 0.588. The third-order valence-corrected chi connectivity index (χ3v) is 1.56. The van der Waals surface area contributed by atoms with Crippen molar-refractivity contribution in [1.29, 1.82) is 0 Å². The van der Waals surface area contributed by atoms with Crippen molar-refractivity contribution in [3.8, 4) is 0 Å². The lowest BCUT2D eigenvalue weighted by Crippen LogP contribution is -2.26. The Morgan fingerprint density at radius 3 is 2.70 bits per heavy atom. The molecule has 2 heteroatoms. The summed E-state index contributed by atoms with van der Waals surface area (Å²) in [7, 11) is 1.66. The van der Waals surface area contributed by atoms with Crippen LogP contribution in [0.15, 0.2) is 12.7 Å². The molecule has 0 fully saturated rings. The highest BCUT2D eigenvalue weighted by Gasteiger charge is 2.11. The average molecular weight is 141 g/mol. The molecule has 0 aliphatic heterocycles. The molecule has 1 atom stereocenters. The van der Waals surface area contributed by atoms with E-state index < -0.39 is 0 Å². The second-order valence-corrected chi connectivity index (χ2v) is 2.24. The third kappa shape index (κ3) is 2.67. The van der Waals surface area contributed by atoms with E-state index in [0.717, 1.165) is 12.8 Å². The van der Waals surface area contributed by atoms with E-state index >= 15 is 0 Å². The van der Waals surface area contributed by atoms with Crippen molar-refractivity contribution in [2.24, 2.45) is 5.92 Å². The van der Waals surface area contributed by atoms with Crippen LogP contribution in [-0.2, 0) is 4.79 Å². The maximum Gasteiger partial charge on any atom is 0.223 e. The molecule has 0 aromatic carbocycles. The summed E-state index contributed by atoms with van der Waals surface area (Å²) in [5, 5.41) is 2.61. The minimum atomic E-state index is 0.113. The number of carbonyl (C=O) groups excluding carboxylic acids is 1. The standard InChI is InChI=1S/C8H15NO/c1-4-6-7(5-2)8(10)9-3/h4,7H,1,5-6H2,2-3H3,(H,9,10). The Morgan fingerprint density at radius 2 is 2.40 bits per heavy atom. The van der Waals surface area contributed by atoms with Crippen molar-refractivity contribution in [3.63, 3.8) is 0 Å². The topological polar surface area (TPSA) is 29.1 Å². The van der Waals surface area contributed by atoms with Crippen LogP contribution in [0.1, 0.15) is 19.8 Å². The van der Waals surface area contributed by atoms with Crippen LogP contribution < -0.4 is 5.32 Å². The summed E-state index contributed by atoms with van der Waals surface area (Å²) in [6, 6.07) is 0. The normalized spacial score (nSPS) is 12.2. The van der Waals surface area contributed by atoms with Gasteiger partial charge in [0.1, 0.15) is 0 Å². The van der Waals surface area contributed by atoms with Crippen molar-refractivity contribution in [3.05, 3.63) is 12.7 Å². The maximum absolute atomic E-state index is 11.0. The van der Waals surface area contributed by atoms with Gasteiger partial charge in [-0.25, -0.2) is 0 Å². The molecule has 0 heterocycles. The van der Waals surface area contributed by atoms with E-state index in [4.69, 9.17) is 0 Å². The molecule has 0 saturated heterocycles. The van der Waals surface area contributed by atoms with Gasteiger partial charge in [0.05, 0.1) is 0 Å². The first-order valence-corrected chi connectivity index (χ1v) is 3.58. The van der Waals surface area contributed by atoms with Crippen molar-refractivity contribution < 1.29 is 4.79 Å². The zero-order valence-corrected chi connectivity index (χ0v) is 6.68. The molecule has 58 valence electrons. The van der Waals surface area contributed by atoms with Crippen LogP contribution in [0.25, 0.3) is 0 Å². The van der Waals surface area contributed by atoms with Crippen molar-refractivity contribution >= 4 is 5.91 Å². The fourth-order valence-corrected chi connectivity index (χ4v) is 0.864. The number of hydrogen-bond donors (Lipinski definition) is 1. The summed E-state index contributed by atoms with van der Waals surface area (Å²) < 4.78 is 0. The Kier molecular flexibility index (Phi) is 4.63. The predicted molar refractivity (Wildman–Crippen MR) is 42.7 cm³/mol. The molecular weight excluding hydrogens is 126 g/mol. The highest BCUT2D eigenvalue weighted by atomic mass is 16.1. The lowest BCUT2D eigenvalue weighted by atomic mass is 10.0. The van der Waals surface area contributed by atoms with E-state index in [1.54, 1.807) is 13.1 Å². The summed E-state index contributed by atoms with van der Waals surface area (Å²) >= 11 is 0. The molecule has 0 aliphatic rings. The number of amides is 1. The molecule has 0 aromatic heterocycles. The van der Waals surface area contributed by atoms with Gasteiger partial charge < -0.3 is 5.32 Å². The van der Waals surface area contributed by atoms with Gasteiger partial charge in [-0.3, -0.25) is 4.79 Å². The van der Waals surface area contributed by atoms with E-state index in [1.807, 2.05) is 6.92 Å². The number of allylic oxidation sites excluding steroid dienone is 1. The van der Waals surface area contributed by atoms with Crippen LogP contribution in [0.4, 0.5) is 0 Å². The van der Waals surface area contributed by atoms with Crippen molar-refractivity contribution in [2.75, 3.05) is 7.05 Å². The Labute approximate surface area is 62.3 Å². The summed E-state index contributed by atoms with van der Waals surface area (Å²) in [6.45, 7) is 5.59. The predicted octanol–water partition coefficient (Wildman–Crippen LogP) is 1.33. The van der Waals surface area contributed by atoms with Crippen molar-refractivity contribution in [1.82, 2.24) is 5.32 Å². The molecule has 0 aromatic rings. The van der Waals surface area contributed by atoms with Crippen LogP contribution in [0.3, 0.4) is 0 Å². The van der Waals surface area contributed by atoms with E-state index in [1.165, 1.54) is 0 Å². The van der Waals surface area contributed by atoms with Gasteiger partial charge in [-0.2, -0.15) is 0 Å². The first-order chi connectivity index (χ1) is 4.76. The van der Waals surface area contributed by atoms with Gasteiger partial charge in [-0.1, -0.05) is 13.0 Å². The highest BCUT2D eigenvalue weighted by Crippen LogP contribution is 2.07. The lowest BCUT2D eigenvalue weighted by molar-refractivity contribution is -0.124. The lowest BCUT2D eigenvalue weighted by Gasteiger charge is -2.09. The molecule has 2 nitrogen and oxygen atoms in total. The fraction of sp³-hybridized carbons (Fsp3) is 0.625. The van der Waals surface area contributed by atoms with Gasteiger partial charge in [-0.15, -0.1) is 6.58 Å². The molecule has 0 saturated carbocycles. The number of hydrogen-bond acceptors (Lipinski definition) is 1. The molecule has 0 radical (unpaired) electrons. The van der Waals surface area contributed by atoms with Gasteiger partial charge in [0, 0.05) is 13.0 Å². The summed E-state index contributed by atoms with van der Waals surface area (Å²) in [5.41, 5.74) is 0. The zero-order valence-electron chi connectivity index (χ0n) is 6.68. The number of nitrogens with one attached hydrogen (secondary N) is 1. The van der Waals surface area contributed by atoms with E-state index in [2.05, 4.69) is 11.9 Å². The number of carbonyl (C=O) groups is 1. The first-order valence-electron chi connectivity index (χ1n) is 3.58. The molecule has 0 rings (SSSR count). The monoisotopic (exact) mass is 141 g/mol. The van der Waals surface area contributed by atoms with E-state index in [-0.39, 0.29) is 11.8 Å². The van der Waals surface area contributed by atoms with Crippen LogP contribution >= 0.6 is 0 Å². The second-order valence-electron chi connectivity index (χ2n) is 2.24. The molecule has 0 aliphatic carbocycles. The Bertz CT molecular complexity index is 120. The fourth-order valence-electron chi connectivity index (χ4n) is 0.864. The van der Waals surface area contributed by atoms with E-state index in [9.17, 15) is 4.79 Å². The van der Waals surface area contributed by atoms with Crippen LogP contribution in [-0.4, -0.2) is 13.0 Å². The van der Waals surface area contributed by atoms with Gasteiger partial charge >= 0.3 is 0 Å². The summed E-state index contributed by atoms with van der Waals surface area (Å²) in [6.07, 6.45) is 3.44. The molecule has 1 amide bonds. The Balaban J connectivity index is 3.79. The van der Waals surface area contributed by atoms with Gasteiger partial charge in [-0.05, 0) is 12.8 Å². The summed E-state index contributed by atoms with van der Waals surface area (Å²) in [5.74, 6) is 0.227. The molecule has 1 unspecified atom stereocenters. The minimum absolute atomic E-state index is 0.113. The average Bonchev–Trinajstić information content (AvgIpc) is 1.99. The van der Waals surface area contributed by atoms with Crippen LogP contribution in [0.5, 0.6) is 0 Å². The maximum atomic E-state index is 11.0. The molecular formula is C8H15NO. The third-order valence-electron chi connectivity index (χ3n) is 1.56. The van der Waals surface area contributed by atoms with Crippen molar-refractivity contribution in [2.45, 2.75) is 19.8 Å². The SMILES string of the molecule is C=CCC(CC)C(=O)NC. The largest absolute Gasteiger partial charge is 0.359 e. The Morgan fingerprint density at radius 1 is 1.80 bits per heavy atom. The zero-order chi connectivity index (χ0) is 7.98. The first kappa shape index (κ1) is 9.21. The second kappa shape index (κ2) is 5.03. The molecule has 1 N–H and O–H groups in total. The summed E-state index contributed by atoms with van der Waals surface area (Å²) in [4.78, 5) is 11.0. The number of rotatable bonds is 4. The van der Waals surface area contributed by atoms with Gasteiger partial charge in [0.25, 0.3) is 0 Å². The molecule has 0 bridgehead atoms.